The van der Waals surface area contributed by atoms with Crippen molar-refractivity contribution in [1.82, 2.24) is 9.97 Å². The molecule has 0 bridgehead atoms. The van der Waals surface area contributed by atoms with Crippen LogP contribution in [0.3, 0.4) is 0 Å². The molecule has 96 valence electrons. The van der Waals surface area contributed by atoms with Crippen LogP contribution in [0.2, 0.25) is 0 Å². The predicted molar refractivity (Wildman–Crippen MR) is 72.4 cm³/mol. The zero-order valence-electron chi connectivity index (χ0n) is 10.7. The van der Waals surface area contributed by atoms with Crippen LogP contribution >= 0.6 is 0 Å². The molecule has 2 aromatic rings. The van der Waals surface area contributed by atoms with E-state index in [2.05, 4.69) is 9.97 Å². The second-order valence-corrected chi connectivity index (χ2v) is 4.57. The monoisotopic (exact) mass is 246 g/mol. The highest BCUT2D eigenvalue weighted by molar-refractivity contribution is 5.94. The minimum Gasteiger partial charge on any atom is -0.345 e. The average Bonchev–Trinajstić information content (AvgIpc) is 2.81. The van der Waals surface area contributed by atoms with Crippen molar-refractivity contribution in [3.63, 3.8) is 0 Å². The number of H-pyrrole nitrogens is 1. The topological polar surface area (TPSA) is 75.0 Å². The number of nitrogens with zero attached hydrogens (tertiary/aromatic N) is 2. The minimum absolute atomic E-state index is 0.0532. The van der Waals surface area contributed by atoms with Crippen LogP contribution in [0.4, 0.5) is 5.69 Å². The van der Waals surface area contributed by atoms with Crippen LogP contribution in [0.25, 0.3) is 11.0 Å². The molecular formula is C13H18N4O. The Kier molecular flexibility index (Phi) is 3.62. The van der Waals surface area contributed by atoms with Crippen molar-refractivity contribution in [3.05, 3.63) is 24.5 Å². The van der Waals surface area contributed by atoms with E-state index in [-0.39, 0.29) is 11.9 Å². The summed E-state index contributed by atoms with van der Waals surface area (Å²) in [7, 11) is 1.78. The summed E-state index contributed by atoms with van der Waals surface area (Å²) in [4.78, 5) is 20.8. The van der Waals surface area contributed by atoms with E-state index < -0.39 is 0 Å². The van der Waals surface area contributed by atoms with Crippen molar-refractivity contribution in [3.8, 4) is 0 Å². The molecule has 1 amide bonds. The van der Waals surface area contributed by atoms with Crippen LogP contribution in [0, 0.1) is 0 Å². The molecule has 5 nitrogen and oxygen atoms in total. The number of imidazole rings is 1. The number of amides is 1. The second-order valence-electron chi connectivity index (χ2n) is 4.57. The van der Waals surface area contributed by atoms with Gasteiger partial charge in [0.2, 0.25) is 5.91 Å². The molecule has 1 heterocycles. The third kappa shape index (κ3) is 2.68. The van der Waals surface area contributed by atoms with E-state index in [1.54, 1.807) is 18.3 Å². The number of aromatic amines is 1. The summed E-state index contributed by atoms with van der Waals surface area (Å²) in [6.07, 6.45) is 2.82. The van der Waals surface area contributed by atoms with Gasteiger partial charge in [-0.2, -0.15) is 0 Å². The van der Waals surface area contributed by atoms with E-state index in [1.807, 2.05) is 25.1 Å². The molecule has 3 N–H and O–H groups in total. The largest absolute Gasteiger partial charge is 0.345 e. The number of hydrogen-bond acceptors (Lipinski definition) is 3. The number of anilines is 1. The van der Waals surface area contributed by atoms with Crippen molar-refractivity contribution < 1.29 is 4.79 Å². The number of rotatable bonds is 4. The van der Waals surface area contributed by atoms with Crippen LogP contribution in [-0.4, -0.2) is 29.0 Å². The maximum atomic E-state index is 12.0. The molecule has 1 aromatic carbocycles. The van der Waals surface area contributed by atoms with Crippen LogP contribution in [-0.2, 0) is 4.79 Å². The van der Waals surface area contributed by atoms with Crippen LogP contribution in [0.1, 0.15) is 19.8 Å². The van der Waals surface area contributed by atoms with Gasteiger partial charge < -0.3 is 15.6 Å². The van der Waals surface area contributed by atoms with E-state index in [4.69, 9.17) is 5.73 Å². The lowest BCUT2D eigenvalue weighted by Gasteiger charge is -2.17. The highest BCUT2D eigenvalue weighted by atomic mass is 16.2. The molecule has 1 unspecified atom stereocenters. The van der Waals surface area contributed by atoms with Crippen LogP contribution in [0.5, 0.6) is 0 Å². The molecule has 1 aromatic heterocycles. The number of carbonyl (C=O) groups is 1. The molecule has 0 radical (unpaired) electrons. The number of benzene rings is 1. The first-order valence-electron chi connectivity index (χ1n) is 6.03. The van der Waals surface area contributed by atoms with Gasteiger partial charge in [0.15, 0.2) is 0 Å². The molecule has 5 heteroatoms. The highest BCUT2D eigenvalue weighted by Gasteiger charge is 2.12. The van der Waals surface area contributed by atoms with Gasteiger partial charge in [0.05, 0.1) is 17.4 Å². The number of nitrogens with two attached hydrogens (primary N) is 1. The first-order chi connectivity index (χ1) is 8.58. The standard InChI is InChI=1S/C13H18N4O/c1-9(14)3-6-13(18)17(2)10-4-5-11-12(7-10)16-8-15-11/h4-5,7-9H,3,6,14H2,1-2H3,(H,15,16). The van der Waals surface area contributed by atoms with Gasteiger partial charge in [-0.1, -0.05) is 0 Å². The van der Waals surface area contributed by atoms with Crippen LogP contribution in [0.15, 0.2) is 24.5 Å². The molecule has 1 atom stereocenters. The summed E-state index contributed by atoms with van der Waals surface area (Å²) in [6, 6.07) is 5.77. The Bertz CT molecular complexity index is 547. The molecule has 0 saturated heterocycles. The summed E-state index contributed by atoms with van der Waals surface area (Å²) in [5.74, 6) is 0.0752. The molecule has 0 saturated carbocycles. The Hall–Kier alpha value is -1.88. The van der Waals surface area contributed by atoms with Crippen molar-refractivity contribution in [2.45, 2.75) is 25.8 Å². The molecule has 0 fully saturated rings. The number of aromatic nitrogens is 2. The zero-order chi connectivity index (χ0) is 13.1. The van der Waals surface area contributed by atoms with Gasteiger partial charge >= 0.3 is 0 Å². The first kappa shape index (κ1) is 12.6. The van der Waals surface area contributed by atoms with E-state index in [0.29, 0.717) is 12.8 Å². The molecule has 0 aliphatic carbocycles. The number of nitrogens with one attached hydrogen (secondary N) is 1. The van der Waals surface area contributed by atoms with Gasteiger partial charge in [0.25, 0.3) is 0 Å². The quantitative estimate of drug-likeness (QED) is 0.861. The number of carbonyl (C=O) groups excluding carboxylic acids is 1. The maximum Gasteiger partial charge on any atom is 0.226 e. The Morgan fingerprint density at radius 1 is 1.56 bits per heavy atom. The fourth-order valence-electron chi connectivity index (χ4n) is 1.80. The molecule has 0 aliphatic rings. The highest BCUT2D eigenvalue weighted by Crippen LogP contribution is 2.19. The zero-order valence-corrected chi connectivity index (χ0v) is 10.7. The third-order valence-corrected chi connectivity index (χ3v) is 2.98. The normalized spacial score (nSPS) is 12.6. The fourth-order valence-corrected chi connectivity index (χ4v) is 1.80. The third-order valence-electron chi connectivity index (χ3n) is 2.98. The average molecular weight is 246 g/mol. The van der Waals surface area contributed by atoms with Gasteiger partial charge in [-0.25, -0.2) is 4.98 Å². The van der Waals surface area contributed by atoms with Gasteiger partial charge in [-0.15, -0.1) is 0 Å². The minimum atomic E-state index is 0.0532. The van der Waals surface area contributed by atoms with E-state index >= 15 is 0 Å². The molecule has 0 aliphatic heterocycles. The molecule has 0 spiro atoms. The Labute approximate surface area is 106 Å². The predicted octanol–water partition coefficient (Wildman–Crippen LogP) is 1.65. The Balaban J connectivity index is 2.11. The van der Waals surface area contributed by atoms with Crippen molar-refractivity contribution in [2.24, 2.45) is 5.73 Å². The SMILES string of the molecule is CC(N)CCC(=O)N(C)c1ccc2nc[nH]c2c1. The van der Waals surface area contributed by atoms with Gasteiger partial charge in [-0.3, -0.25) is 4.79 Å². The molecule has 2 rings (SSSR count). The van der Waals surface area contributed by atoms with Crippen molar-refractivity contribution in [1.29, 1.82) is 0 Å². The van der Waals surface area contributed by atoms with E-state index in [0.717, 1.165) is 16.7 Å². The lowest BCUT2D eigenvalue weighted by Crippen LogP contribution is -2.28. The molecule has 18 heavy (non-hydrogen) atoms. The Morgan fingerprint density at radius 2 is 2.33 bits per heavy atom. The van der Waals surface area contributed by atoms with Crippen molar-refractivity contribution in [2.75, 3.05) is 11.9 Å². The summed E-state index contributed by atoms with van der Waals surface area (Å²) in [6.45, 7) is 1.91. The Morgan fingerprint density at radius 3 is 3.06 bits per heavy atom. The summed E-state index contributed by atoms with van der Waals surface area (Å²) in [5.41, 5.74) is 8.35. The summed E-state index contributed by atoms with van der Waals surface area (Å²) < 4.78 is 0. The fraction of sp³-hybridized carbons (Fsp3) is 0.385. The van der Waals surface area contributed by atoms with Crippen molar-refractivity contribution >= 4 is 22.6 Å². The maximum absolute atomic E-state index is 12.0. The van der Waals surface area contributed by atoms with E-state index in [1.165, 1.54) is 0 Å². The van der Waals surface area contributed by atoms with Crippen LogP contribution < -0.4 is 10.6 Å². The number of hydrogen-bond donors (Lipinski definition) is 2. The van der Waals surface area contributed by atoms with Gasteiger partial charge in [-0.05, 0) is 31.5 Å². The summed E-state index contributed by atoms with van der Waals surface area (Å²) in [5, 5.41) is 0. The lowest BCUT2D eigenvalue weighted by atomic mass is 10.1. The van der Waals surface area contributed by atoms with Gasteiger partial charge in [0, 0.05) is 25.2 Å². The molecular weight excluding hydrogens is 228 g/mol. The first-order valence-corrected chi connectivity index (χ1v) is 6.03. The summed E-state index contributed by atoms with van der Waals surface area (Å²) >= 11 is 0. The number of fused-ring (bicyclic) bond motifs is 1. The smallest absolute Gasteiger partial charge is 0.226 e. The lowest BCUT2D eigenvalue weighted by molar-refractivity contribution is -0.118. The van der Waals surface area contributed by atoms with Gasteiger partial charge in [0.1, 0.15) is 0 Å². The van der Waals surface area contributed by atoms with E-state index in [9.17, 15) is 4.79 Å². The second kappa shape index (κ2) is 5.18.